The molecule has 0 saturated heterocycles. The van der Waals surface area contributed by atoms with E-state index in [2.05, 4.69) is 9.05 Å². The van der Waals surface area contributed by atoms with Crippen molar-refractivity contribution >= 4 is 7.60 Å². The summed E-state index contributed by atoms with van der Waals surface area (Å²) in [7, 11) is -1.23. The van der Waals surface area contributed by atoms with Crippen molar-refractivity contribution in [2.75, 3.05) is 14.2 Å². The number of rotatable bonds is 4. The van der Waals surface area contributed by atoms with Gasteiger partial charge in [-0.05, 0) is 6.92 Å². The second kappa shape index (κ2) is 4.18. The van der Waals surface area contributed by atoms with E-state index in [9.17, 15) is 4.57 Å². The quantitative estimate of drug-likeness (QED) is 0.609. The molecule has 0 aliphatic heterocycles. The lowest BCUT2D eigenvalue weighted by molar-refractivity contribution is 0.0576. The summed E-state index contributed by atoms with van der Waals surface area (Å²) >= 11 is 0. The third-order valence-corrected chi connectivity index (χ3v) is 3.36. The van der Waals surface area contributed by atoms with Gasteiger partial charge in [-0.3, -0.25) is 4.57 Å². The molecule has 0 spiro atoms. The molecule has 0 fully saturated rings. The molecule has 0 unspecified atom stereocenters. The maximum atomic E-state index is 11.2. The van der Waals surface area contributed by atoms with Crippen LogP contribution in [0, 0.1) is 0 Å². The molecule has 0 bridgehead atoms. The Labute approximate surface area is 65.5 Å². The minimum absolute atomic E-state index is 1.14. The van der Waals surface area contributed by atoms with E-state index >= 15 is 0 Å². The predicted molar refractivity (Wildman–Crippen MR) is 39.3 cm³/mol. The van der Waals surface area contributed by atoms with E-state index in [1.807, 2.05) is 0 Å². The minimum atomic E-state index is -3.52. The van der Waals surface area contributed by atoms with Crippen LogP contribution in [0.1, 0.15) is 6.92 Å². The van der Waals surface area contributed by atoms with Crippen molar-refractivity contribution < 1.29 is 23.8 Å². The van der Waals surface area contributed by atoms with E-state index < -0.39 is 19.5 Å². The molecular weight excluding hydrogens is 171 g/mol. The molecule has 0 rings (SSSR count). The summed E-state index contributed by atoms with van der Waals surface area (Å²) in [6.45, 7) is 1.30. The van der Waals surface area contributed by atoms with E-state index in [0.717, 1.165) is 14.2 Å². The van der Waals surface area contributed by atoms with Gasteiger partial charge in [-0.1, -0.05) is 0 Å². The van der Waals surface area contributed by atoms with Crippen LogP contribution in [0.15, 0.2) is 0 Å². The van der Waals surface area contributed by atoms with Crippen LogP contribution in [0.4, 0.5) is 0 Å². The highest BCUT2D eigenvalue weighted by Crippen LogP contribution is 2.51. The Balaban J connectivity index is 4.38. The van der Waals surface area contributed by atoms with Gasteiger partial charge in [0.05, 0.1) is 6.10 Å². The summed E-state index contributed by atoms with van der Waals surface area (Å²) in [5.41, 5.74) is 0. The standard InChI is InChI=1S/C5H13O5P/c1-4(6)5(7)11(8,9-2)10-3/h4-7H,1-3H3/t4-,5-/m1/s1. The van der Waals surface area contributed by atoms with E-state index in [-0.39, 0.29) is 0 Å². The first-order chi connectivity index (χ1) is 4.98. The molecule has 0 aromatic heterocycles. The van der Waals surface area contributed by atoms with E-state index in [1.54, 1.807) is 0 Å². The normalized spacial score (nSPS) is 17.9. The first-order valence-electron chi connectivity index (χ1n) is 3.05. The lowest BCUT2D eigenvalue weighted by Gasteiger charge is -2.21. The van der Waals surface area contributed by atoms with Crippen molar-refractivity contribution in [3.8, 4) is 0 Å². The highest BCUT2D eigenvalue weighted by Gasteiger charge is 2.35. The van der Waals surface area contributed by atoms with E-state index in [4.69, 9.17) is 10.2 Å². The average molecular weight is 184 g/mol. The van der Waals surface area contributed by atoms with Crippen LogP contribution in [0.25, 0.3) is 0 Å². The van der Waals surface area contributed by atoms with Gasteiger partial charge >= 0.3 is 7.60 Å². The number of hydrogen-bond donors (Lipinski definition) is 2. The minimum Gasteiger partial charge on any atom is -0.390 e. The van der Waals surface area contributed by atoms with Crippen LogP contribution in [0.5, 0.6) is 0 Å². The van der Waals surface area contributed by atoms with Crippen LogP contribution < -0.4 is 0 Å². The fourth-order valence-corrected chi connectivity index (χ4v) is 1.66. The molecule has 0 aromatic rings. The third kappa shape index (κ3) is 2.54. The van der Waals surface area contributed by atoms with Crippen molar-refractivity contribution in [1.29, 1.82) is 0 Å². The van der Waals surface area contributed by atoms with Crippen LogP contribution in [-0.2, 0) is 13.6 Å². The SMILES string of the molecule is COP(=O)(OC)[C@@H](O)[C@@H](C)O. The zero-order valence-electron chi connectivity index (χ0n) is 6.72. The zero-order chi connectivity index (χ0) is 9.07. The van der Waals surface area contributed by atoms with Gasteiger partial charge in [-0.25, -0.2) is 0 Å². The fraction of sp³-hybridized carbons (Fsp3) is 1.00. The molecule has 2 N–H and O–H groups in total. The van der Waals surface area contributed by atoms with Crippen molar-refractivity contribution in [2.24, 2.45) is 0 Å². The van der Waals surface area contributed by atoms with Crippen molar-refractivity contribution in [3.63, 3.8) is 0 Å². The average Bonchev–Trinajstić information content (AvgIpc) is 2.01. The Morgan fingerprint density at radius 3 is 1.73 bits per heavy atom. The predicted octanol–water partition coefficient (Wildman–Crippen LogP) is 0.171. The van der Waals surface area contributed by atoms with Gasteiger partial charge in [0.15, 0.2) is 5.85 Å². The first kappa shape index (κ1) is 11.1. The topological polar surface area (TPSA) is 76.0 Å². The molecule has 0 aliphatic rings. The fourth-order valence-electron chi connectivity index (χ4n) is 0.555. The Morgan fingerprint density at radius 1 is 1.27 bits per heavy atom. The molecule has 0 aromatic carbocycles. The van der Waals surface area contributed by atoms with Gasteiger partial charge in [0, 0.05) is 14.2 Å². The second-order valence-corrected chi connectivity index (χ2v) is 4.40. The maximum Gasteiger partial charge on any atom is 0.361 e. The Kier molecular flexibility index (Phi) is 4.21. The molecule has 0 saturated carbocycles. The first-order valence-corrected chi connectivity index (χ1v) is 4.66. The van der Waals surface area contributed by atoms with Crippen molar-refractivity contribution in [3.05, 3.63) is 0 Å². The number of hydrogen-bond acceptors (Lipinski definition) is 5. The van der Waals surface area contributed by atoms with E-state index in [0.29, 0.717) is 0 Å². The van der Waals surface area contributed by atoms with Gasteiger partial charge in [-0.15, -0.1) is 0 Å². The highest BCUT2D eigenvalue weighted by molar-refractivity contribution is 7.54. The maximum absolute atomic E-state index is 11.2. The Hall–Kier alpha value is 0.0700. The molecule has 0 amide bonds. The highest BCUT2D eigenvalue weighted by atomic mass is 31.2. The summed E-state index contributed by atoms with van der Waals surface area (Å²) < 4.78 is 20.1. The summed E-state index contributed by atoms with van der Waals surface area (Å²) in [6, 6.07) is 0. The number of aliphatic hydroxyl groups is 2. The van der Waals surface area contributed by atoms with Crippen LogP contribution >= 0.6 is 7.60 Å². The number of aliphatic hydroxyl groups excluding tert-OH is 2. The van der Waals surface area contributed by atoms with Crippen LogP contribution in [0.2, 0.25) is 0 Å². The van der Waals surface area contributed by atoms with Crippen LogP contribution in [0.3, 0.4) is 0 Å². The molecule has 11 heavy (non-hydrogen) atoms. The second-order valence-electron chi connectivity index (χ2n) is 2.06. The largest absolute Gasteiger partial charge is 0.390 e. The Morgan fingerprint density at radius 2 is 1.64 bits per heavy atom. The molecule has 0 radical (unpaired) electrons. The van der Waals surface area contributed by atoms with Gasteiger partial charge in [0.25, 0.3) is 0 Å². The summed E-state index contributed by atoms with van der Waals surface area (Å²) in [4.78, 5) is 0. The van der Waals surface area contributed by atoms with E-state index in [1.165, 1.54) is 6.92 Å². The van der Waals surface area contributed by atoms with Gasteiger partial charge < -0.3 is 19.3 Å². The third-order valence-electron chi connectivity index (χ3n) is 1.26. The summed E-state index contributed by atoms with van der Waals surface area (Å²) in [5, 5.41) is 17.9. The molecule has 5 nitrogen and oxygen atoms in total. The summed E-state index contributed by atoms with van der Waals surface area (Å²) in [6.07, 6.45) is -1.14. The summed E-state index contributed by atoms with van der Waals surface area (Å²) in [5.74, 6) is -1.49. The molecule has 0 heterocycles. The van der Waals surface area contributed by atoms with Gasteiger partial charge in [-0.2, -0.15) is 0 Å². The lowest BCUT2D eigenvalue weighted by atomic mass is 10.4. The monoisotopic (exact) mass is 184 g/mol. The molecule has 6 heteroatoms. The molecule has 68 valence electrons. The van der Waals surface area contributed by atoms with Crippen molar-refractivity contribution in [2.45, 2.75) is 18.9 Å². The molecule has 2 atom stereocenters. The van der Waals surface area contributed by atoms with Crippen LogP contribution in [-0.4, -0.2) is 36.4 Å². The zero-order valence-corrected chi connectivity index (χ0v) is 7.62. The Bertz CT molecular complexity index is 149. The molecular formula is C5H13O5P. The van der Waals surface area contributed by atoms with Crippen molar-refractivity contribution in [1.82, 2.24) is 0 Å². The van der Waals surface area contributed by atoms with Gasteiger partial charge in [0.2, 0.25) is 0 Å². The van der Waals surface area contributed by atoms with Gasteiger partial charge in [0.1, 0.15) is 0 Å². The smallest absolute Gasteiger partial charge is 0.361 e. The molecule has 0 aliphatic carbocycles. The lowest BCUT2D eigenvalue weighted by Crippen LogP contribution is -2.23.